The van der Waals surface area contributed by atoms with Crippen molar-refractivity contribution < 1.29 is 22.7 Å². The maximum absolute atomic E-state index is 12.7. The highest BCUT2D eigenvalue weighted by Crippen LogP contribution is 2.35. The van der Waals surface area contributed by atoms with E-state index in [2.05, 4.69) is 20.0 Å². The van der Waals surface area contributed by atoms with E-state index < -0.39 is 17.7 Å². The van der Waals surface area contributed by atoms with Crippen LogP contribution in [0.4, 0.5) is 13.2 Å². The van der Waals surface area contributed by atoms with E-state index in [1.165, 1.54) is 24.3 Å². The minimum absolute atomic E-state index is 0.339. The number of hydrogen-bond donors (Lipinski definition) is 1. The Morgan fingerprint density at radius 3 is 2.29 bits per heavy atom. The molecule has 0 saturated heterocycles. The number of nitrogens with two attached hydrogens (primary N) is 1. The van der Waals surface area contributed by atoms with Crippen molar-refractivity contribution in [1.82, 2.24) is 24.5 Å². The fourth-order valence-corrected chi connectivity index (χ4v) is 4.62. The highest BCUT2D eigenvalue weighted by atomic mass is 19.4. The number of carbonyl (C=O) groups is 1. The van der Waals surface area contributed by atoms with Crippen molar-refractivity contribution in [3.05, 3.63) is 96.2 Å². The van der Waals surface area contributed by atoms with Gasteiger partial charge in [-0.3, -0.25) is 4.79 Å². The number of imidazole rings is 1. The second kappa shape index (κ2) is 10.2. The first-order chi connectivity index (χ1) is 19.3. The Kier molecular flexibility index (Phi) is 6.90. The lowest BCUT2D eigenvalue weighted by atomic mass is 9.82. The van der Waals surface area contributed by atoms with Crippen molar-refractivity contribution >= 4 is 5.91 Å². The summed E-state index contributed by atoms with van der Waals surface area (Å²) in [5.74, 6) is 0.00142. The van der Waals surface area contributed by atoms with Gasteiger partial charge in [0, 0.05) is 11.8 Å². The lowest BCUT2D eigenvalue weighted by Crippen LogP contribution is -2.35. The Morgan fingerprint density at radius 2 is 1.66 bits per heavy atom. The van der Waals surface area contributed by atoms with Gasteiger partial charge in [0.1, 0.15) is 11.6 Å². The molecule has 5 rings (SSSR count). The molecule has 41 heavy (non-hydrogen) atoms. The molecule has 2 aromatic heterocycles. The number of ether oxygens (including phenoxy) is 1. The maximum atomic E-state index is 12.7. The van der Waals surface area contributed by atoms with Crippen molar-refractivity contribution in [2.75, 3.05) is 0 Å². The Hall–Kier alpha value is -4.93. The second-order valence-corrected chi connectivity index (χ2v) is 10.2. The molecule has 3 aromatic carbocycles. The maximum Gasteiger partial charge on any atom is 0.573 e. The normalized spacial score (nSPS) is 12.0. The highest BCUT2D eigenvalue weighted by Gasteiger charge is 2.31. The molecule has 0 aliphatic carbocycles. The molecule has 0 bridgehead atoms. The fourth-order valence-electron chi connectivity index (χ4n) is 4.62. The van der Waals surface area contributed by atoms with Gasteiger partial charge in [-0.1, -0.05) is 35.5 Å². The number of benzene rings is 3. The number of carbonyl (C=O) groups excluding carboxylic acids is 1. The molecule has 0 spiro atoms. The molecular formula is C30H27F3N6O2. The second-order valence-electron chi connectivity index (χ2n) is 10.2. The lowest BCUT2D eigenvalue weighted by molar-refractivity contribution is -0.274. The molecule has 5 aromatic rings. The van der Waals surface area contributed by atoms with Gasteiger partial charge in [-0.15, -0.1) is 18.3 Å². The quantitative estimate of drug-likeness (QED) is 0.261. The van der Waals surface area contributed by atoms with Gasteiger partial charge < -0.3 is 15.0 Å². The van der Waals surface area contributed by atoms with Crippen LogP contribution in [-0.4, -0.2) is 36.8 Å². The SMILES string of the molecule is Cc1cn(-c2ccc(-c3cccc(C(C)(C)C(N)=O)c3)cc2-c2cnnn2-c2ccc(OC(F)(F)F)cc2)c(C)n1. The van der Waals surface area contributed by atoms with E-state index >= 15 is 0 Å². The molecule has 2 heterocycles. The molecule has 8 nitrogen and oxygen atoms in total. The molecular weight excluding hydrogens is 533 g/mol. The Balaban J connectivity index is 1.65. The molecule has 1 amide bonds. The van der Waals surface area contributed by atoms with E-state index in [9.17, 15) is 18.0 Å². The molecule has 2 N–H and O–H groups in total. The first-order valence-electron chi connectivity index (χ1n) is 12.7. The van der Waals surface area contributed by atoms with Crippen LogP contribution < -0.4 is 10.5 Å². The zero-order chi connectivity index (χ0) is 29.5. The van der Waals surface area contributed by atoms with Crippen LogP contribution in [0.15, 0.2) is 79.1 Å². The number of aromatic nitrogens is 5. The average molecular weight is 561 g/mol. The summed E-state index contributed by atoms with van der Waals surface area (Å²) in [6.07, 6.45) is -1.28. The minimum Gasteiger partial charge on any atom is -0.406 e. The average Bonchev–Trinajstić information content (AvgIpc) is 3.54. The van der Waals surface area contributed by atoms with Gasteiger partial charge in [0.2, 0.25) is 5.91 Å². The summed E-state index contributed by atoms with van der Waals surface area (Å²) in [6, 6.07) is 18.9. The minimum atomic E-state index is -4.79. The highest BCUT2D eigenvalue weighted by molar-refractivity contribution is 5.86. The summed E-state index contributed by atoms with van der Waals surface area (Å²) in [4.78, 5) is 16.6. The van der Waals surface area contributed by atoms with Crippen LogP contribution >= 0.6 is 0 Å². The van der Waals surface area contributed by atoms with Gasteiger partial charge in [0.15, 0.2) is 0 Å². The number of alkyl halides is 3. The molecule has 0 aliphatic heterocycles. The molecule has 0 unspecified atom stereocenters. The zero-order valence-corrected chi connectivity index (χ0v) is 22.8. The van der Waals surface area contributed by atoms with Crippen molar-refractivity contribution in [3.63, 3.8) is 0 Å². The van der Waals surface area contributed by atoms with Gasteiger partial charge in [0.25, 0.3) is 0 Å². The summed E-state index contributed by atoms with van der Waals surface area (Å²) in [5.41, 5.74) is 10.8. The number of nitrogens with zero attached hydrogens (tertiary/aromatic N) is 5. The van der Waals surface area contributed by atoms with Crippen LogP contribution in [0.1, 0.15) is 30.9 Å². The van der Waals surface area contributed by atoms with Crippen LogP contribution in [0, 0.1) is 13.8 Å². The van der Waals surface area contributed by atoms with Gasteiger partial charge in [-0.2, -0.15) is 0 Å². The van der Waals surface area contributed by atoms with E-state index in [0.29, 0.717) is 11.4 Å². The molecule has 0 radical (unpaired) electrons. The number of hydrogen-bond acceptors (Lipinski definition) is 5. The summed E-state index contributed by atoms with van der Waals surface area (Å²) in [6.45, 7) is 7.36. The van der Waals surface area contributed by atoms with Crippen molar-refractivity contribution in [2.45, 2.75) is 39.5 Å². The standard InChI is InChI=1S/C30H27F3N6O2/c1-18-17-38(19(2)36-18)26-13-8-21(20-6-5-7-22(14-20)29(3,4)28(34)40)15-25(26)27-16-35-37-39(27)23-9-11-24(12-10-23)41-30(31,32)33/h5-17H,1-4H3,(H2,34,40). The van der Waals surface area contributed by atoms with E-state index in [4.69, 9.17) is 5.73 Å². The largest absolute Gasteiger partial charge is 0.573 e. The van der Waals surface area contributed by atoms with Crippen molar-refractivity contribution in [2.24, 2.45) is 5.73 Å². The van der Waals surface area contributed by atoms with Gasteiger partial charge in [-0.25, -0.2) is 9.67 Å². The van der Waals surface area contributed by atoms with E-state index in [-0.39, 0.29) is 5.75 Å². The number of rotatable bonds is 7. The smallest absolute Gasteiger partial charge is 0.406 e. The first kappa shape index (κ1) is 27.6. The van der Waals surface area contributed by atoms with E-state index in [1.807, 2.05) is 67.1 Å². The predicted octanol–water partition coefficient (Wildman–Crippen LogP) is 6.07. The lowest BCUT2D eigenvalue weighted by Gasteiger charge is -2.22. The van der Waals surface area contributed by atoms with Crippen LogP contribution in [0.25, 0.3) is 33.8 Å². The predicted molar refractivity (Wildman–Crippen MR) is 148 cm³/mol. The Bertz CT molecular complexity index is 1740. The van der Waals surface area contributed by atoms with Gasteiger partial charge >= 0.3 is 6.36 Å². The van der Waals surface area contributed by atoms with Crippen molar-refractivity contribution in [3.8, 4) is 39.5 Å². The monoisotopic (exact) mass is 560 g/mol. The number of aryl methyl sites for hydroxylation is 2. The molecule has 210 valence electrons. The molecule has 11 heteroatoms. The van der Waals surface area contributed by atoms with Crippen molar-refractivity contribution in [1.29, 1.82) is 0 Å². The topological polar surface area (TPSA) is 101 Å². The summed E-state index contributed by atoms with van der Waals surface area (Å²) >= 11 is 0. The number of halogens is 3. The van der Waals surface area contributed by atoms with Gasteiger partial charge in [-0.05, 0) is 80.8 Å². The van der Waals surface area contributed by atoms with Crippen LogP contribution in [0.5, 0.6) is 5.75 Å². The third kappa shape index (κ3) is 5.56. The zero-order valence-electron chi connectivity index (χ0n) is 22.8. The molecule has 0 saturated carbocycles. The fraction of sp³-hybridized carbons (Fsp3) is 0.200. The molecule has 0 atom stereocenters. The first-order valence-corrected chi connectivity index (χ1v) is 12.7. The third-order valence-electron chi connectivity index (χ3n) is 6.93. The summed E-state index contributed by atoms with van der Waals surface area (Å²) < 4.78 is 45.5. The Labute approximate surface area is 234 Å². The molecule has 0 aliphatic rings. The van der Waals surface area contributed by atoms with Crippen LogP contribution in [-0.2, 0) is 10.2 Å². The summed E-state index contributed by atoms with van der Waals surface area (Å²) in [5, 5.41) is 8.34. The van der Waals surface area contributed by atoms with Crippen LogP contribution in [0.3, 0.4) is 0 Å². The van der Waals surface area contributed by atoms with Gasteiger partial charge in [0.05, 0.1) is 34.4 Å². The number of primary amides is 1. The third-order valence-corrected chi connectivity index (χ3v) is 6.93. The number of amides is 1. The Morgan fingerprint density at radius 1 is 0.951 bits per heavy atom. The molecule has 0 fully saturated rings. The van der Waals surface area contributed by atoms with Crippen LogP contribution in [0.2, 0.25) is 0 Å². The summed E-state index contributed by atoms with van der Waals surface area (Å²) in [7, 11) is 0. The van der Waals surface area contributed by atoms with E-state index in [0.717, 1.165) is 39.5 Å². The van der Waals surface area contributed by atoms with E-state index in [1.54, 1.807) is 24.7 Å².